The molecule has 2 saturated heterocycles. The summed E-state index contributed by atoms with van der Waals surface area (Å²) in [4.78, 5) is 0. The molecule has 0 spiro atoms. The van der Waals surface area contributed by atoms with Crippen LogP contribution in [0, 0.1) is 0 Å². The highest BCUT2D eigenvalue weighted by atomic mass is 16.8. The van der Waals surface area contributed by atoms with Gasteiger partial charge in [0.1, 0.15) is 30.5 Å². The van der Waals surface area contributed by atoms with Gasteiger partial charge in [0.15, 0.2) is 5.79 Å². The van der Waals surface area contributed by atoms with Gasteiger partial charge in [-0.05, 0) is 26.3 Å². The van der Waals surface area contributed by atoms with Gasteiger partial charge in [-0.2, -0.15) is 0 Å². The standard InChI is InChI=1S/C16H22O5/c1-9-13-15(21-16(2,3)20-13)12(18)14(19-9)11(17)10-7-5-4-6-8-10/h4-9,11-15,17-18H,1-3H3/t9-,11?,12+,13+,14-,15-/m0/s1. The number of rotatable bonds is 2. The molecule has 0 aromatic heterocycles. The monoisotopic (exact) mass is 294 g/mol. The molecule has 2 aliphatic rings. The lowest BCUT2D eigenvalue weighted by Crippen LogP contribution is -2.56. The molecule has 116 valence electrons. The predicted octanol–water partition coefficient (Wildman–Crippen LogP) is 1.39. The van der Waals surface area contributed by atoms with Crippen LogP contribution in [0.2, 0.25) is 0 Å². The molecule has 5 heteroatoms. The van der Waals surface area contributed by atoms with Gasteiger partial charge in [-0.1, -0.05) is 30.3 Å². The Kier molecular flexibility index (Phi) is 3.80. The second kappa shape index (κ2) is 5.34. The Balaban J connectivity index is 1.82. The largest absolute Gasteiger partial charge is 0.387 e. The molecule has 2 N–H and O–H groups in total. The van der Waals surface area contributed by atoms with E-state index in [1.54, 1.807) is 0 Å². The third kappa shape index (κ3) is 2.72. The van der Waals surface area contributed by atoms with Gasteiger partial charge in [0.05, 0.1) is 6.10 Å². The molecule has 5 nitrogen and oxygen atoms in total. The quantitative estimate of drug-likeness (QED) is 0.862. The van der Waals surface area contributed by atoms with Crippen molar-refractivity contribution in [3.8, 4) is 0 Å². The number of benzene rings is 1. The predicted molar refractivity (Wildman–Crippen MR) is 75.6 cm³/mol. The van der Waals surface area contributed by atoms with E-state index in [4.69, 9.17) is 14.2 Å². The first-order valence-corrected chi connectivity index (χ1v) is 7.31. The second-order valence-corrected chi connectivity index (χ2v) is 6.22. The Hall–Kier alpha value is -0.980. The molecule has 0 bridgehead atoms. The lowest BCUT2D eigenvalue weighted by molar-refractivity contribution is -0.211. The smallest absolute Gasteiger partial charge is 0.164 e. The molecule has 0 saturated carbocycles. The van der Waals surface area contributed by atoms with Crippen LogP contribution in [0.4, 0.5) is 0 Å². The van der Waals surface area contributed by atoms with Gasteiger partial charge in [0.2, 0.25) is 0 Å². The Labute approximate surface area is 124 Å². The van der Waals surface area contributed by atoms with Gasteiger partial charge in [-0.3, -0.25) is 0 Å². The van der Waals surface area contributed by atoms with Crippen molar-refractivity contribution >= 4 is 0 Å². The van der Waals surface area contributed by atoms with E-state index in [0.29, 0.717) is 5.56 Å². The fourth-order valence-corrected chi connectivity index (χ4v) is 3.14. The molecule has 0 amide bonds. The molecular formula is C16H22O5. The average molecular weight is 294 g/mol. The van der Waals surface area contributed by atoms with Crippen molar-refractivity contribution in [2.45, 2.75) is 63.2 Å². The first-order chi connectivity index (χ1) is 9.89. The fraction of sp³-hybridized carbons (Fsp3) is 0.625. The Morgan fingerprint density at radius 3 is 2.38 bits per heavy atom. The van der Waals surface area contributed by atoms with Crippen LogP contribution < -0.4 is 0 Å². The molecule has 0 aliphatic carbocycles. The van der Waals surface area contributed by atoms with Gasteiger partial charge in [0.25, 0.3) is 0 Å². The van der Waals surface area contributed by atoms with Crippen molar-refractivity contribution in [3.05, 3.63) is 35.9 Å². The molecule has 3 rings (SSSR count). The first-order valence-electron chi connectivity index (χ1n) is 7.31. The number of ether oxygens (including phenoxy) is 3. The summed E-state index contributed by atoms with van der Waals surface area (Å²) in [5.74, 6) is -0.749. The Morgan fingerprint density at radius 2 is 1.71 bits per heavy atom. The maximum Gasteiger partial charge on any atom is 0.164 e. The van der Waals surface area contributed by atoms with E-state index in [-0.39, 0.29) is 12.2 Å². The first kappa shape index (κ1) is 14.9. The molecule has 1 aromatic carbocycles. The summed E-state index contributed by atoms with van der Waals surface area (Å²) in [6, 6.07) is 9.20. The zero-order valence-electron chi connectivity index (χ0n) is 12.5. The van der Waals surface area contributed by atoms with Crippen LogP contribution in [0.15, 0.2) is 30.3 Å². The summed E-state index contributed by atoms with van der Waals surface area (Å²) in [5, 5.41) is 21.0. The molecule has 1 aromatic rings. The highest BCUT2D eigenvalue weighted by Crippen LogP contribution is 2.40. The van der Waals surface area contributed by atoms with Crippen molar-refractivity contribution in [1.29, 1.82) is 0 Å². The number of fused-ring (bicyclic) bond motifs is 1. The SMILES string of the molecule is C[C@@H]1O[C@@H](C(O)c2ccccc2)[C@@H](O)[C@@H]2OC(C)(C)O[C@@H]21. The molecular weight excluding hydrogens is 272 g/mol. The highest BCUT2D eigenvalue weighted by Gasteiger charge is 2.54. The van der Waals surface area contributed by atoms with Crippen molar-refractivity contribution in [3.63, 3.8) is 0 Å². The van der Waals surface area contributed by atoms with Gasteiger partial charge >= 0.3 is 0 Å². The second-order valence-electron chi connectivity index (χ2n) is 6.22. The molecule has 2 aliphatic heterocycles. The summed E-state index contributed by atoms with van der Waals surface area (Å²) < 4.78 is 17.4. The summed E-state index contributed by atoms with van der Waals surface area (Å²) in [5.41, 5.74) is 0.713. The number of hydrogen-bond acceptors (Lipinski definition) is 5. The minimum atomic E-state index is -0.941. The van der Waals surface area contributed by atoms with Gasteiger partial charge in [-0.25, -0.2) is 0 Å². The van der Waals surface area contributed by atoms with Gasteiger partial charge in [-0.15, -0.1) is 0 Å². The lowest BCUT2D eigenvalue weighted by atomic mass is 9.90. The topological polar surface area (TPSA) is 68.2 Å². The molecule has 6 atom stereocenters. The van der Waals surface area contributed by atoms with E-state index < -0.39 is 30.2 Å². The highest BCUT2D eigenvalue weighted by molar-refractivity contribution is 5.19. The third-order valence-corrected chi connectivity index (χ3v) is 4.12. The fourth-order valence-electron chi connectivity index (χ4n) is 3.14. The molecule has 2 fully saturated rings. The van der Waals surface area contributed by atoms with Crippen molar-refractivity contribution in [1.82, 2.24) is 0 Å². The van der Waals surface area contributed by atoms with Crippen LogP contribution in [-0.2, 0) is 14.2 Å². The van der Waals surface area contributed by atoms with Crippen LogP contribution in [0.3, 0.4) is 0 Å². The van der Waals surface area contributed by atoms with Crippen LogP contribution >= 0.6 is 0 Å². The van der Waals surface area contributed by atoms with E-state index in [9.17, 15) is 10.2 Å². The minimum Gasteiger partial charge on any atom is -0.387 e. The number of aliphatic hydroxyl groups excluding tert-OH is 2. The van der Waals surface area contributed by atoms with Crippen molar-refractivity contribution in [2.24, 2.45) is 0 Å². The minimum absolute atomic E-state index is 0.261. The van der Waals surface area contributed by atoms with Crippen LogP contribution in [0.5, 0.6) is 0 Å². The van der Waals surface area contributed by atoms with Gasteiger partial charge < -0.3 is 24.4 Å². The average Bonchev–Trinajstić information content (AvgIpc) is 2.80. The van der Waals surface area contributed by atoms with E-state index >= 15 is 0 Å². The van der Waals surface area contributed by atoms with E-state index in [1.807, 2.05) is 51.1 Å². The van der Waals surface area contributed by atoms with Gasteiger partial charge in [0, 0.05) is 0 Å². The van der Waals surface area contributed by atoms with E-state index in [0.717, 1.165) is 0 Å². The number of hydrogen-bond donors (Lipinski definition) is 2. The van der Waals surface area contributed by atoms with Crippen LogP contribution in [0.25, 0.3) is 0 Å². The maximum absolute atomic E-state index is 10.5. The Morgan fingerprint density at radius 1 is 1.10 bits per heavy atom. The third-order valence-electron chi connectivity index (χ3n) is 4.12. The zero-order chi connectivity index (χ0) is 15.2. The van der Waals surface area contributed by atoms with E-state index in [2.05, 4.69) is 0 Å². The summed E-state index contributed by atoms with van der Waals surface area (Å²) in [6.07, 6.45) is -3.66. The van der Waals surface area contributed by atoms with E-state index in [1.165, 1.54) is 0 Å². The van der Waals surface area contributed by atoms with Crippen molar-refractivity contribution < 1.29 is 24.4 Å². The van der Waals surface area contributed by atoms with Crippen LogP contribution in [-0.4, -0.2) is 46.5 Å². The normalized spacial score (nSPS) is 39.8. The van der Waals surface area contributed by atoms with Crippen molar-refractivity contribution in [2.75, 3.05) is 0 Å². The zero-order valence-corrected chi connectivity index (χ0v) is 12.5. The molecule has 2 heterocycles. The number of aliphatic hydroxyl groups is 2. The van der Waals surface area contributed by atoms with Crippen LogP contribution in [0.1, 0.15) is 32.4 Å². The summed E-state index contributed by atoms with van der Waals surface area (Å²) in [7, 11) is 0. The lowest BCUT2D eigenvalue weighted by Gasteiger charge is -2.40. The Bertz CT molecular complexity index is 489. The summed E-state index contributed by atoms with van der Waals surface area (Å²) >= 11 is 0. The maximum atomic E-state index is 10.5. The molecule has 0 radical (unpaired) electrons. The molecule has 21 heavy (non-hydrogen) atoms. The summed E-state index contributed by atoms with van der Waals surface area (Å²) in [6.45, 7) is 5.50. The molecule has 1 unspecified atom stereocenters.